The van der Waals surface area contributed by atoms with E-state index < -0.39 is 24.0 Å². The van der Waals surface area contributed by atoms with E-state index in [1.165, 1.54) is 18.2 Å². The van der Waals surface area contributed by atoms with Crippen molar-refractivity contribution >= 4 is 5.82 Å². The summed E-state index contributed by atoms with van der Waals surface area (Å²) >= 11 is 0. The number of nitrogens with zero attached hydrogens (tertiary/aromatic N) is 1. The lowest BCUT2D eigenvalue weighted by molar-refractivity contribution is -0.274. The van der Waals surface area contributed by atoms with Crippen LogP contribution in [0.25, 0.3) is 11.1 Å². The van der Waals surface area contributed by atoms with Gasteiger partial charge >= 0.3 is 12.5 Å². The zero-order valence-electron chi connectivity index (χ0n) is 10.7. The van der Waals surface area contributed by atoms with Crippen molar-refractivity contribution in [2.24, 2.45) is 0 Å². The minimum Gasteiger partial charge on any atom is -0.406 e. The maximum atomic E-state index is 12.7. The maximum Gasteiger partial charge on any atom is 0.573 e. The van der Waals surface area contributed by atoms with E-state index in [-0.39, 0.29) is 16.9 Å². The topological polar surface area (TPSA) is 48.1 Å². The number of halogens is 6. The predicted molar refractivity (Wildman–Crippen MR) is 65.8 cm³/mol. The van der Waals surface area contributed by atoms with Gasteiger partial charge in [0, 0.05) is 0 Å². The normalized spacial score (nSPS) is 12.3. The highest BCUT2D eigenvalue weighted by Gasteiger charge is 2.33. The number of alkyl halides is 6. The minimum absolute atomic E-state index is 0.0818. The van der Waals surface area contributed by atoms with Gasteiger partial charge in [0.2, 0.25) is 0 Å². The minimum atomic E-state index is -4.84. The van der Waals surface area contributed by atoms with E-state index in [2.05, 4.69) is 9.72 Å². The lowest BCUT2D eigenvalue weighted by atomic mass is 10.1. The highest BCUT2D eigenvalue weighted by Crippen LogP contribution is 2.33. The van der Waals surface area contributed by atoms with Crippen LogP contribution in [0.4, 0.5) is 32.2 Å². The molecule has 2 rings (SSSR count). The fraction of sp³-hybridized carbons (Fsp3) is 0.154. The fourth-order valence-electron chi connectivity index (χ4n) is 1.71. The molecule has 0 saturated carbocycles. The molecule has 9 heteroatoms. The molecule has 0 fully saturated rings. The van der Waals surface area contributed by atoms with Crippen molar-refractivity contribution in [3.8, 4) is 16.9 Å². The number of nitrogens with two attached hydrogens (primary N) is 1. The predicted octanol–water partition coefficient (Wildman–Crippen LogP) is 4.25. The van der Waals surface area contributed by atoms with Gasteiger partial charge in [-0.2, -0.15) is 13.2 Å². The third kappa shape index (κ3) is 4.03. The summed E-state index contributed by atoms with van der Waals surface area (Å²) in [6.07, 6.45) is -9.52. The van der Waals surface area contributed by atoms with E-state index in [0.717, 1.165) is 18.2 Å². The van der Waals surface area contributed by atoms with Crippen molar-refractivity contribution in [2.45, 2.75) is 12.5 Å². The summed E-state index contributed by atoms with van der Waals surface area (Å²) in [5, 5.41) is 0. The first-order valence-corrected chi connectivity index (χ1v) is 5.75. The Balaban J connectivity index is 2.34. The van der Waals surface area contributed by atoms with Gasteiger partial charge in [0.25, 0.3) is 0 Å². The maximum absolute atomic E-state index is 12.7. The summed E-state index contributed by atoms with van der Waals surface area (Å²) < 4.78 is 77.7. The number of hydrogen-bond donors (Lipinski definition) is 1. The zero-order valence-corrected chi connectivity index (χ0v) is 10.7. The third-order valence-electron chi connectivity index (χ3n) is 2.56. The van der Waals surface area contributed by atoms with Crippen molar-refractivity contribution in [1.29, 1.82) is 0 Å². The Morgan fingerprint density at radius 1 is 0.864 bits per heavy atom. The van der Waals surface area contributed by atoms with Crippen LogP contribution in [0.5, 0.6) is 5.75 Å². The van der Waals surface area contributed by atoms with E-state index in [9.17, 15) is 26.3 Å². The van der Waals surface area contributed by atoms with Gasteiger partial charge in [-0.1, -0.05) is 12.1 Å². The lowest BCUT2D eigenvalue weighted by Gasteiger charge is -2.11. The molecule has 1 aromatic heterocycles. The second-order valence-corrected chi connectivity index (χ2v) is 4.24. The Labute approximate surface area is 120 Å². The van der Waals surface area contributed by atoms with E-state index in [4.69, 9.17) is 5.73 Å². The molecular weight excluding hydrogens is 314 g/mol. The van der Waals surface area contributed by atoms with Gasteiger partial charge < -0.3 is 10.5 Å². The number of nitrogen functional groups attached to an aromatic ring is 1. The summed E-state index contributed by atoms with van der Waals surface area (Å²) in [5.74, 6) is -0.824. The molecule has 22 heavy (non-hydrogen) atoms. The molecular formula is C13H8F6N2O. The van der Waals surface area contributed by atoms with Crippen LogP contribution in [-0.2, 0) is 6.18 Å². The molecule has 118 valence electrons. The number of pyridine rings is 1. The first-order chi connectivity index (χ1) is 10.0. The van der Waals surface area contributed by atoms with Gasteiger partial charge in [0.15, 0.2) is 0 Å². The van der Waals surface area contributed by atoms with Gasteiger partial charge in [-0.3, -0.25) is 0 Å². The Morgan fingerprint density at radius 2 is 1.45 bits per heavy atom. The number of ether oxygens (including phenoxy) is 1. The molecule has 0 spiro atoms. The van der Waals surface area contributed by atoms with Crippen LogP contribution in [-0.4, -0.2) is 11.3 Å². The Bertz CT molecular complexity index is 664. The van der Waals surface area contributed by atoms with E-state index in [1.807, 2.05) is 0 Å². The molecule has 2 N–H and O–H groups in total. The molecule has 0 bridgehead atoms. The first-order valence-electron chi connectivity index (χ1n) is 5.75. The molecule has 0 amide bonds. The Morgan fingerprint density at radius 3 is 1.95 bits per heavy atom. The highest BCUT2D eigenvalue weighted by molar-refractivity contribution is 5.67. The van der Waals surface area contributed by atoms with Gasteiger partial charge in [0.05, 0.1) is 0 Å². The average Bonchev–Trinajstić information content (AvgIpc) is 2.36. The van der Waals surface area contributed by atoms with E-state index >= 15 is 0 Å². The van der Waals surface area contributed by atoms with Gasteiger partial charge in [-0.15, -0.1) is 13.2 Å². The molecule has 1 aromatic carbocycles. The van der Waals surface area contributed by atoms with Crippen LogP contribution >= 0.6 is 0 Å². The zero-order chi connectivity index (χ0) is 16.5. The number of hydrogen-bond acceptors (Lipinski definition) is 3. The SMILES string of the molecule is Nc1cc(-c2ccc(OC(F)(F)F)cc2)cc(C(F)(F)F)n1. The molecule has 0 aliphatic rings. The third-order valence-corrected chi connectivity index (χ3v) is 2.56. The summed E-state index contributed by atoms with van der Waals surface area (Å²) in [5.41, 5.74) is 4.47. The smallest absolute Gasteiger partial charge is 0.406 e. The fourth-order valence-corrected chi connectivity index (χ4v) is 1.71. The summed E-state index contributed by atoms with van der Waals surface area (Å²) in [7, 11) is 0. The largest absolute Gasteiger partial charge is 0.573 e. The number of anilines is 1. The van der Waals surface area contributed by atoms with Crippen molar-refractivity contribution in [1.82, 2.24) is 4.98 Å². The van der Waals surface area contributed by atoms with Crippen molar-refractivity contribution in [3.05, 3.63) is 42.1 Å². The lowest BCUT2D eigenvalue weighted by Crippen LogP contribution is -2.16. The molecule has 0 unspecified atom stereocenters. The molecule has 0 aliphatic carbocycles. The van der Waals surface area contributed by atoms with Crippen LogP contribution in [0.3, 0.4) is 0 Å². The molecule has 3 nitrogen and oxygen atoms in total. The number of benzene rings is 1. The second kappa shape index (κ2) is 5.39. The molecule has 0 radical (unpaired) electrons. The van der Waals surface area contributed by atoms with Crippen LogP contribution < -0.4 is 10.5 Å². The van der Waals surface area contributed by atoms with Crippen LogP contribution in [0.1, 0.15) is 5.69 Å². The first kappa shape index (κ1) is 15.9. The molecule has 0 saturated heterocycles. The van der Waals surface area contributed by atoms with Crippen molar-refractivity contribution in [2.75, 3.05) is 5.73 Å². The standard InChI is InChI=1S/C13H8F6N2O/c14-12(15,16)10-5-8(6-11(20)21-10)7-1-3-9(4-2-7)22-13(17,18)19/h1-6H,(H2,20,21). The van der Waals surface area contributed by atoms with Crippen molar-refractivity contribution in [3.63, 3.8) is 0 Å². The average molecular weight is 322 g/mol. The molecule has 1 heterocycles. The van der Waals surface area contributed by atoms with Gasteiger partial charge in [-0.25, -0.2) is 4.98 Å². The van der Waals surface area contributed by atoms with E-state index in [1.54, 1.807) is 0 Å². The Kier molecular flexibility index (Phi) is 3.90. The summed E-state index contributed by atoms with van der Waals surface area (Å²) in [6.45, 7) is 0. The van der Waals surface area contributed by atoms with Crippen LogP contribution in [0, 0.1) is 0 Å². The Hall–Kier alpha value is -2.45. The summed E-state index contributed by atoms with van der Waals surface area (Å²) in [6, 6.07) is 6.32. The quantitative estimate of drug-likeness (QED) is 0.841. The van der Waals surface area contributed by atoms with Crippen LogP contribution in [0.2, 0.25) is 0 Å². The van der Waals surface area contributed by atoms with Crippen LogP contribution in [0.15, 0.2) is 36.4 Å². The number of rotatable bonds is 2. The number of aromatic nitrogens is 1. The van der Waals surface area contributed by atoms with E-state index in [0.29, 0.717) is 0 Å². The summed E-state index contributed by atoms with van der Waals surface area (Å²) in [4.78, 5) is 3.18. The second-order valence-electron chi connectivity index (χ2n) is 4.24. The highest BCUT2D eigenvalue weighted by atomic mass is 19.4. The molecule has 0 aliphatic heterocycles. The monoisotopic (exact) mass is 322 g/mol. The van der Waals surface area contributed by atoms with Gasteiger partial charge in [0.1, 0.15) is 17.3 Å². The molecule has 0 atom stereocenters. The molecule has 2 aromatic rings. The van der Waals surface area contributed by atoms with Gasteiger partial charge in [-0.05, 0) is 35.4 Å². The van der Waals surface area contributed by atoms with Crippen molar-refractivity contribution < 1.29 is 31.1 Å².